The van der Waals surface area contributed by atoms with E-state index >= 15 is 0 Å². The van der Waals surface area contributed by atoms with Gasteiger partial charge in [-0.15, -0.1) is 0 Å². The number of thiocarbonyl (C=S) groups is 1. The first-order valence-corrected chi connectivity index (χ1v) is 10.8. The maximum Gasteiger partial charge on any atom is 0.258 e. The lowest BCUT2D eigenvalue weighted by atomic mass is 9.94. The molecule has 1 unspecified atom stereocenters. The third-order valence-electron chi connectivity index (χ3n) is 5.44. The van der Waals surface area contributed by atoms with Gasteiger partial charge in [-0.25, -0.2) is 0 Å². The normalized spacial score (nSPS) is 16.5. The summed E-state index contributed by atoms with van der Waals surface area (Å²) in [5.74, 6) is 1.83. The Labute approximate surface area is 187 Å². The van der Waals surface area contributed by atoms with Crippen LogP contribution in [0.1, 0.15) is 43.3 Å². The maximum atomic E-state index is 5.77. The lowest BCUT2D eigenvalue weighted by Crippen LogP contribution is -2.46. The molecule has 4 rings (SSSR count). The van der Waals surface area contributed by atoms with Gasteiger partial charge in [0, 0.05) is 17.8 Å². The summed E-state index contributed by atoms with van der Waals surface area (Å²) in [6.45, 7) is 7.05. The van der Waals surface area contributed by atoms with Crippen LogP contribution in [0.3, 0.4) is 0 Å². The van der Waals surface area contributed by atoms with Crippen molar-refractivity contribution >= 4 is 22.9 Å². The summed E-state index contributed by atoms with van der Waals surface area (Å²) in [6, 6.07) is 15.8. The van der Waals surface area contributed by atoms with E-state index in [1.807, 2.05) is 48.5 Å². The van der Waals surface area contributed by atoms with Gasteiger partial charge in [-0.3, -0.25) is 0 Å². The number of aryl methyl sites for hydroxylation is 1. The molecule has 0 spiro atoms. The molecule has 1 aliphatic heterocycles. The van der Waals surface area contributed by atoms with Crippen molar-refractivity contribution in [2.24, 2.45) is 0 Å². The van der Waals surface area contributed by atoms with Gasteiger partial charge in [0.15, 0.2) is 5.11 Å². The fourth-order valence-electron chi connectivity index (χ4n) is 3.78. The van der Waals surface area contributed by atoms with E-state index in [-0.39, 0.29) is 6.04 Å². The van der Waals surface area contributed by atoms with Gasteiger partial charge >= 0.3 is 0 Å². The highest BCUT2D eigenvalue weighted by Crippen LogP contribution is 2.38. The van der Waals surface area contributed by atoms with E-state index in [9.17, 15) is 0 Å². The van der Waals surface area contributed by atoms with Crippen molar-refractivity contribution in [3.8, 4) is 17.1 Å². The van der Waals surface area contributed by atoms with Crippen LogP contribution in [-0.4, -0.2) is 33.8 Å². The van der Waals surface area contributed by atoms with Crippen molar-refractivity contribution in [3.63, 3.8) is 0 Å². The Morgan fingerprint density at radius 3 is 2.65 bits per heavy atom. The van der Waals surface area contributed by atoms with Crippen molar-refractivity contribution in [3.05, 3.63) is 71.2 Å². The standard InChI is InChI=1S/C24H26N4O2S/c1-5-13-28-16(3)20(21(25-24(28)31)18-7-6-8-19(14-18)29-4)23-26-22(27-30-23)17-11-9-15(2)10-12-17/h6-12,14,21H,5,13H2,1-4H3,(H,25,31). The molecule has 1 N–H and O–H groups in total. The quantitative estimate of drug-likeness (QED) is 0.540. The summed E-state index contributed by atoms with van der Waals surface area (Å²) < 4.78 is 11.2. The molecule has 1 aromatic heterocycles. The number of ether oxygens (including phenoxy) is 1. The highest BCUT2D eigenvalue weighted by Gasteiger charge is 2.34. The molecule has 2 aromatic carbocycles. The first-order valence-electron chi connectivity index (χ1n) is 10.4. The zero-order valence-corrected chi connectivity index (χ0v) is 19.0. The van der Waals surface area contributed by atoms with E-state index in [2.05, 4.69) is 36.1 Å². The molecule has 0 fully saturated rings. The van der Waals surface area contributed by atoms with E-state index in [1.54, 1.807) is 7.11 Å². The minimum atomic E-state index is -0.220. The van der Waals surface area contributed by atoms with E-state index < -0.39 is 0 Å². The van der Waals surface area contributed by atoms with Gasteiger partial charge in [0.25, 0.3) is 5.89 Å². The zero-order valence-electron chi connectivity index (χ0n) is 18.2. The Bertz CT molecular complexity index is 1120. The lowest BCUT2D eigenvalue weighted by Gasteiger charge is -2.37. The predicted octanol–water partition coefficient (Wildman–Crippen LogP) is 5.13. The Hall–Kier alpha value is -3.19. The van der Waals surface area contributed by atoms with E-state index in [1.165, 1.54) is 5.56 Å². The first kappa shape index (κ1) is 21.1. The molecule has 6 nitrogen and oxygen atoms in total. The lowest BCUT2D eigenvalue weighted by molar-refractivity contribution is 0.396. The van der Waals surface area contributed by atoms with Crippen molar-refractivity contribution in [2.75, 3.05) is 13.7 Å². The van der Waals surface area contributed by atoms with Gasteiger partial charge in [-0.1, -0.05) is 54.0 Å². The number of hydrogen-bond acceptors (Lipinski definition) is 5. The second-order valence-corrected chi connectivity index (χ2v) is 7.99. The molecule has 3 aromatic rings. The van der Waals surface area contributed by atoms with Crippen LogP contribution in [0.15, 0.2) is 58.8 Å². The third kappa shape index (κ3) is 4.18. The Kier molecular flexibility index (Phi) is 6.04. The van der Waals surface area contributed by atoms with E-state index in [0.717, 1.165) is 41.1 Å². The molecule has 0 aliphatic carbocycles. The van der Waals surface area contributed by atoms with Gasteiger partial charge in [0.1, 0.15) is 5.75 Å². The first-order chi connectivity index (χ1) is 15.0. The fraction of sp³-hybridized carbons (Fsp3) is 0.292. The summed E-state index contributed by atoms with van der Waals surface area (Å²) >= 11 is 5.69. The van der Waals surface area contributed by atoms with Gasteiger partial charge in [0.2, 0.25) is 5.82 Å². The molecule has 2 heterocycles. The molecule has 0 saturated carbocycles. The molecule has 7 heteroatoms. The average molecular weight is 435 g/mol. The number of nitrogens with one attached hydrogen (secondary N) is 1. The SMILES string of the molecule is CCCN1C(=S)NC(c2cccc(OC)c2)C(c2nc(-c3ccc(C)cc3)no2)=C1C. The number of allylic oxidation sites excluding steroid dienone is 1. The molecule has 0 bridgehead atoms. The predicted molar refractivity (Wildman–Crippen MR) is 126 cm³/mol. The molecular formula is C24H26N4O2S. The summed E-state index contributed by atoms with van der Waals surface area (Å²) in [7, 11) is 1.66. The Morgan fingerprint density at radius 1 is 1.16 bits per heavy atom. The third-order valence-corrected chi connectivity index (χ3v) is 5.78. The van der Waals surface area contributed by atoms with Crippen LogP contribution >= 0.6 is 12.2 Å². The molecule has 160 valence electrons. The van der Waals surface area contributed by atoms with Gasteiger partial charge < -0.3 is 19.5 Å². The fourth-order valence-corrected chi connectivity index (χ4v) is 4.12. The molecule has 0 saturated heterocycles. The molecular weight excluding hydrogens is 408 g/mol. The van der Waals surface area contributed by atoms with Crippen LogP contribution in [-0.2, 0) is 0 Å². The van der Waals surface area contributed by atoms with Crippen LogP contribution in [0.4, 0.5) is 0 Å². The zero-order chi connectivity index (χ0) is 22.0. The van der Waals surface area contributed by atoms with E-state index in [4.69, 9.17) is 26.5 Å². The number of rotatable bonds is 6. The minimum Gasteiger partial charge on any atom is -0.497 e. The summed E-state index contributed by atoms with van der Waals surface area (Å²) in [6.07, 6.45) is 0.967. The molecule has 0 amide bonds. The molecule has 1 aliphatic rings. The van der Waals surface area contributed by atoms with Crippen molar-refractivity contribution < 1.29 is 9.26 Å². The van der Waals surface area contributed by atoms with Crippen molar-refractivity contribution in [1.82, 2.24) is 20.4 Å². The second kappa shape index (κ2) is 8.89. The average Bonchev–Trinajstić information content (AvgIpc) is 3.26. The van der Waals surface area contributed by atoms with Crippen LogP contribution in [0.5, 0.6) is 5.75 Å². The highest BCUT2D eigenvalue weighted by atomic mass is 32.1. The monoisotopic (exact) mass is 434 g/mol. The number of nitrogens with zero attached hydrogens (tertiary/aromatic N) is 3. The smallest absolute Gasteiger partial charge is 0.258 e. The van der Waals surface area contributed by atoms with Gasteiger partial charge in [0.05, 0.1) is 18.7 Å². The summed E-state index contributed by atoms with van der Waals surface area (Å²) in [5, 5.41) is 8.41. The summed E-state index contributed by atoms with van der Waals surface area (Å²) in [4.78, 5) is 6.84. The van der Waals surface area contributed by atoms with Crippen LogP contribution in [0, 0.1) is 6.92 Å². The van der Waals surface area contributed by atoms with Crippen LogP contribution < -0.4 is 10.1 Å². The number of hydrogen-bond donors (Lipinski definition) is 1. The Morgan fingerprint density at radius 2 is 1.94 bits per heavy atom. The van der Waals surface area contributed by atoms with Crippen molar-refractivity contribution in [1.29, 1.82) is 0 Å². The van der Waals surface area contributed by atoms with E-state index in [0.29, 0.717) is 16.8 Å². The van der Waals surface area contributed by atoms with Crippen molar-refractivity contribution in [2.45, 2.75) is 33.2 Å². The number of methoxy groups -OCH3 is 1. The molecule has 1 atom stereocenters. The maximum absolute atomic E-state index is 5.77. The summed E-state index contributed by atoms with van der Waals surface area (Å²) in [5.41, 5.74) is 5.05. The number of benzene rings is 2. The number of aromatic nitrogens is 2. The second-order valence-electron chi connectivity index (χ2n) is 7.60. The highest BCUT2D eigenvalue weighted by molar-refractivity contribution is 7.80. The molecule has 31 heavy (non-hydrogen) atoms. The Balaban J connectivity index is 1.81. The largest absolute Gasteiger partial charge is 0.497 e. The molecule has 0 radical (unpaired) electrons. The van der Waals surface area contributed by atoms with Gasteiger partial charge in [-0.2, -0.15) is 4.98 Å². The topological polar surface area (TPSA) is 63.4 Å². The van der Waals surface area contributed by atoms with Crippen LogP contribution in [0.2, 0.25) is 0 Å². The van der Waals surface area contributed by atoms with Crippen LogP contribution in [0.25, 0.3) is 17.0 Å². The minimum absolute atomic E-state index is 0.220. The van der Waals surface area contributed by atoms with Gasteiger partial charge in [-0.05, 0) is 50.2 Å².